The molecule has 0 amide bonds. The Balaban J connectivity index is 2.17. The predicted molar refractivity (Wildman–Crippen MR) is 90.4 cm³/mol. The monoisotopic (exact) mass is 329 g/mol. The van der Waals surface area contributed by atoms with E-state index < -0.39 is 0 Å². The van der Waals surface area contributed by atoms with Crippen LogP contribution in [-0.4, -0.2) is 6.61 Å². The van der Waals surface area contributed by atoms with Crippen molar-refractivity contribution in [3.63, 3.8) is 0 Å². The van der Waals surface area contributed by atoms with E-state index in [1.807, 2.05) is 13.0 Å². The van der Waals surface area contributed by atoms with Gasteiger partial charge in [0, 0.05) is 17.1 Å². The molecule has 0 heterocycles. The SMILES string of the molecule is CCOc1cc(Cl)c(C(N)C2CCCCCCC2)cc1Cl. The van der Waals surface area contributed by atoms with Gasteiger partial charge in [-0.05, 0) is 37.3 Å². The number of nitrogens with two attached hydrogens (primary N) is 1. The predicted octanol–water partition coefficient (Wildman–Crippen LogP) is 5.75. The maximum absolute atomic E-state index is 6.50. The van der Waals surface area contributed by atoms with Crippen LogP contribution in [0.25, 0.3) is 0 Å². The molecule has 21 heavy (non-hydrogen) atoms. The molecule has 2 N–H and O–H groups in total. The second-order valence-corrected chi connectivity index (χ2v) is 6.68. The van der Waals surface area contributed by atoms with E-state index >= 15 is 0 Å². The number of benzene rings is 1. The summed E-state index contributed by atoms with van der Waals surface area (Å²) in [5.74, 6) is 1.13. The lowest BCUT2D eigenvalue weighted by molar-refractivity contribution is 0.326. The van der Waals surface area contributed by atoms with Gasteiger partial charge in [-0.1, -0.05) is 55.3 Å². The molecule has 1 unspecified atom stereocenters. The molecule has 1 aliphatic rings. The topological polar surface area (TPSA) is 35.2 Å². The fraction of sp³-hybridized carbons (Fsp3) is 0.647. The lowest BCUT2D eigenvalue weighted by Crippen LogP contribution is -2.22. The molecular weight excluding hydrogens is 305 g/mol. The molecule has 2 rings (SSSR count). The Morgan fingerprint density at radius 3 is 2.33 bits per heavy atom. The smallest absolute Gasteiger partial charge is 0.139 e. The molecule has 0 radical (unpaired) electrons. The first-order valence-electron chi connectivity index (χ1n) is 8.00. The minimum absolute atomic E-state index is 0.0382. The Bertz CT molecular complexity index is 456. The Hall–Kier alpha value is -0.440. The van der Waals surface area contributed by atoms with E-state index in [0.29, 0.717) is 28.3 Å². The van der Waals surface area contributed by atoms with Gasteiger partial charge in [-0.25, -0.2) is 0 Å². The Kier molecular flexibility index (Phi) is 6.66. The average Bonchev–Trinajstić information content (AvgIpc) is 2.42. The summed E-state index contributed by atoms with van der Waals surface area (Å²) in [6, 6.07) is 3.65. The maximum atomic E-state index is 6.50. The molecule has 1 fully saturated rings. The van der Waals surface area contributed by atoms with Crippen LogP contribution in [0.2, 0.25) is 10.0 Å². The molecule has 0 spiro atoms. The quantitative estimate of drug-likeness (QED) is 0.762. The van der Waals surface area contributed by atoms with E-state index in [9.17, 15) is 0 Å². The molecule has 1 aromatic carbocycles. The van der Waals surface area contributed by atoms with Crippen molar-refractivity contribution in [2.75, 3.05) is 6.61 Å². The highest BCUT2D eigenvalue weighted by atomic mass is 35.5. The zero-order chi connectivity index (χ0) is 15.2. The highest BCUT2D eigenvalue weighted by Gasteiger charge is 2.23. The van der Waals surface area contributed by atoms with Crippen LogP contribution >= 0.6 is 23.2 Å². The van der Waals surface area contributed by atoms with Crippen LogP contribution in [0, 0.1) is 5.92 Å². The zero-order valence-corrected chi connectivity index (χ0v) is 14.2. The Morgan fingerprint density at radius 2 is 1.71 bits per heavy atom. The number of halogens is 2. The van der Waals surface area contributed by atoms with Crippen molar-refractivity contribution < 1.29 is 4.74 Å². The van der Waals surface area contributed by atoms with Gasteiger partial charge in [-0.3, -0.25) is 0 Å². The van der Waals surface area contributed by atoms with Gasteiger partial charge in [-0.2, -0.15) is 0 Å². The number of hydrogen-bond acceptors (Lipinski definition) is 2. The molecule has 1 aromatic rings. The molecule has 0 aliphatic heterocycles. The summed E-state index contributed by atoms with van der Waals surface area (Å²) in [7, 11) is 0. The van der Waals surface area contributed by atoms with Crippen molar-refractivity contribution in [1.82, 2.24) is 0 Å². The van der Waals surface area contributed by atoms with E-state index in [1.54, 1.807) is 6.07 Å². The van der Waals surface area contributed by atoms with Crippen molar-refractivity contribution in [2.24, 2.45) is 11.7 Å². The van der Waals surface area contributed by atoms with Crippen LogP contribution in [0.4, 0.5) is 0 Å². The maximum Gasteiger partial charge on any atom is 0.139 e. The van der Waals surface area contributed by atoms with E-state index in [1.165, 1.54) is 44.9 Å². The second-order valence-electron chi connectivity index (χ2n) is 5.87. The van der Waals surface area contributed by atoms with Crippen molar-refractivity contribution in [2.45, 2.75) is 57.9 Å². The van der Waals surface area contributed by atoms with E-state index in [2.05, 4.69) is 0 Å². The first kappa shape index (κ1) is 16.9. The first-order valence-corrected chi connectivity index (χ1v) is 8.76. The van der Waals surface area contributed by atoms with Crippen molar-refractivity contribution in [3.8, 4) is 5.75 Å². The summed E-state index contributed by atoms with van der Waals surface area (Å²) in [5, 5.41) is 1.26. The summed E-state index contributed by atoms with van der Waals surface area (Å²) in [6.07, 6.45) is 8.89. The van der Waals surface area contributed by atoms with Gasteiger partial charge in [0.1, 0.15) is 5.75 Å². The van der Waals surface area contributed by atoms with Gasteiger partial charge in [0.25, 0.3) is 0 Å². The molecule has 1 aliphatic carbocycles. The third-order valence-electron chi connectivity index (χ3n) is 4.37. The molecule has 1 saturated carbocycles. The van der Waals surface area contributed by atoms with Gasteiger partial charge >= 0.3 is 0 Å². The Morgan fingerprint density at radius 1 is 1.10 bits per heavy atom. The molecular formula is C17H25Cl2NO. The molecule has 118 valence electrons. The number of ether oxygens (including phenoxy) is 1. The van der Waals surface area contributed by atoms with E-state index in [0.717, 1.165) is 5.56 Å². The van der Waals surface area contributed by atoms with Gasteiger partial charge in [0.2, 0.25) is 0 Å². The molecule has 0 aromatic heterocycles. The minimum Gasteiger partial charge on any atom is -0.492 e. The van der Waals surface area contributed by atoms with Gasteiger partial charge in [0.15, 0.2) is 0 Å². The van der Waals surface area contributed by atoms with Crippen LogP contribution in [0.5, 0.6) is 5.75 Å². The fourth-order valence-corrected chi connectivity index (χ4v) is 3.67. The molecule has 0 bridgehead atoms. The molecule has 0 saturated heterocycles. The van der Waals surface area contributed by atoms with Crippen LogP contribution in [0.3, 0.4) is 0 Å². The molecule has 1 atom stereocenters. The average molecular weight is 330 g/mol. The number of hydrogen-bond donors (Lipinski definition) is 1. The summed E-state index contributed by atoms with van der Waals surface area (Å²) >= 11 is 12.7. The highest BCUT2D eigenvalue weighted by Crippen LogP contribution is 2.38. The van der Waals surface area contributed by atoms with Crippen molar-refractivity contribution in [1.29, 1.82) is 0 Å². The van der Waals surface area contributed by atoms with Crippen LogP contribution in [0.1, 0.15) is 63.5 Å². The van der Waals surface area contributed by atoms with Crippen molar-refractivity contribution in [3.05, 3.63) is 27.7 Å². The third-order valence-corrected chi connectivity index (χ3v) is 4.99. The number of rotatable bonds is 4. The van der Waals surface area contributed by atoms with Crippen molar-refractivity contribution >= 4 is 23.2 Å². The first-order chi connectivity index (χ1) is 10.1. The van der Waals surface area contributed by atoms with E-state index in [4.69, 9.17) is 33.7 Å². The summed E-state index contributed by atoms with van der Waals surface area (Å²) in [4.78, 5) is 0. The lowest BCUT2D eigenvalue weighted by Gasteiger charge is -2.27. The Labute approximate surface area is 137 Å². The minimum atomic E-state index is -0.0382. The highest BCUT2D eigenvalue weighted by molar-refractivity contribution is 6.34. The van der Waals surface area contributed by atoms with Gasteiger partial charge < -0.3 is 10.5 Å². The molecule has 4 heteroatoms. The zero-order valence-electron chi connectivity index (χ0n) is 12.7. The van der Waals surface area contributed by atoms with Gasteiger partial charge in [-0.15, -0.1) is 0 Å². The van der Waals surface area contributed by atoms with Crippen LogP contribution in [-0.2, 0) is 0 Å². The van der Waals surface area contributed by atoms with Crippen LogP contribution < -0.4 is 10.5 Å². The summed E-state index contributed by atoms with van der Waals surface area (Å²) < 4.78 is 5.48. The van der Waals surface area contributed by atoms with E-state index in [-0.39, 0.29) is 6.04 Å². The standard InChI is InChI=1S/C17H25Cl2NO/c1-2-21-16-11-14(18)13(10-15(16)19)17(20)12-8-6-4-3-5-7-9-12/h10-12,17H,2-9,20H2,1H3. The lowest BCUT2D eigenvalue weighted by atomic mass is 9.83. The fourth-order valence-electron chi connectivity index (χ4n) is 3.17. The summed E-state index contributed by atoms with van der Waals surface area (Å²) in [6.45, 7) is 2.50. The molecule has 2 nitrogen and oxygen atoms in total. The normalized spacial score (nSPS) is 18.9. The van der Waals surface area contributed by atoms with Crippen LogP contribution in [0.15, 0.2) is 12.1 Å². The van der Waals surface area contributed by atoms with Gasteiger partial charge in [0.05, 0.1) is 11.6 Å². The summed E-state index contributed by atoms with van der Waals surface area (Å²) in [5.41, 5.74) is 7.45. The second kappa shape index (κ2) is 8.26. The third kappa shape index (κ3) is 4.51. The largest absolute Gasteiger partial charge is 0.492 e.